The molecular weight excluding hydrogens is 136 g/mol. The zero-order chi connectivity index (χ0) is 8.16. The van der Waals surface area contributed by atoms with Crippen molar-refractivity contribution in [2.75, 3.05) is 13.2 Å². The Morgan fingerprint density at radius 1 is 1.64 bits per heavy atom. The van der Waals surface area contributed by atoms with E-state index < -0.39 is 0 Å². The molecule has 0 N–H and O–H groups in total. The quantitative estimate of drug-likeness (QED) is 0.338. The van der Waals surface area contributed by atoms with Crippen molar-refractivity contribution < 1.29 is 4.74 Å². The lowest BCUT2D eigenvalue weighted by molar-refractivity contribution is 0.199. The van der Waals surface area contributed by atoms with Crippen molar-refractivity contribution in [1.82, 2.24) is 0 Å². The van der Waals surface area contributed by atoms with E-state index in [1.54, 1.807) is 0 Å². The molecular formula is C10H14O. The van der Waals surface area contributed by atoms with Crippen LogP contribution in [0.25, 0.3) is 0 Å². The summed E-state index contributed by atoms with van der Waals surface area (Å²) in [6.07, 6.45) is 11.9. The molecule has 60 valence electrons. The van der Waals surface area contributed by atoms with Crippen LogP contribution in [0.3, 0.4) is 0 Å². The second-order valence-electron chi connectivity index (χ2n) is 3.28. The molecule has 1 aliphatic carbocycles. The van der Waals surface area contributed by atoms with Gasteiger partial charge in [0.25, 0.3) is 0 Å². The van der Waals surface area contributed by atoms with Crippen LogP contribution < -0.4 is 0 Å². The molecule has 0 radical (unpaired) electrons. The fourth-order valence-electron chi connectivity index (χ4n) is 0.882. The molecule has 0 heterocycles. The third-order valence-electron chi connectivity index (χ3n) is 1.96. The van der Waals surface area contributed by atoms with E-state index in [-0.39, 0.29) is 0 Å². The van der Waals surface area contributed by atoms with Crippen molar-refractivity contribution in [1.29, 1.82) is 0 Å². The smallest absolute Gasteiger partial charge is 0.107 e. The van der Waals surface area contributed by atoms with Crippen LogP contribution in [0.1, 0.15) is 19.8 Å². The van der Waals surface area contributed by atoms with Gasteiger partial charge >= 0.3 is 0 Å². The highest BCUT2D eigenvalue weighted by atomic mass is 16.5. The molecule has 0 aliphatic heterocycles. The molecule has 1 saturated carbocycles. The minimum absolute atomic E-state index is 0.418. The fraction of sp³-hybridized carbons (Fsp3) is 0.600. The van der Waals surface area contributed by atoms with Gasteiger partial charge in [-0.2, -0.15) is 0 Å². The fourth-order valence-corrected chi connectivity index (χ4v) is 0.882. The second-order valence-corrected chi connectivity index (χ2v) is 3.28. The van der Waals surface area contributed by atoms with E-state index >= 15 is 0 Å². The van der Waals surface area contributed by atoms with Crippen LogP contribution in [0.5, 0.6) is 0 Å². The molecule has 0 bridgehead atoms. The maximum absolute atomic E-state index is 5.08. The third-order valence-corrected chi connectivity index (χ3v) is 1.96. The SMILES string of the molecule is C#CCOC/C=C/C1(C)CC1. The Hall–Kier alpha value is -0.740. The first-order valence-corrected chi connectivity index (χ1v) is 3.96. The molecule has 0 aromatic heterocycles. The maximum atomic E-state index is 5.08. The lowest BCUT2D eigenvalue weighted by Gasteiger charge is -1.97. The minimum atomic E-state index is 0.418. The van der Waals surface area contributed by atoms with E-state index in [0.717, 1.165) is 0 Å². The molecule has 0 aromatic rings. The molecule has 1 nitrogen and oxygen atoms in total. The van der Waals surface area contributed by atoms with Crippen molar-refractivity contribution in [2.24, 2.45) is 5.41 Å². The molecule has 1 fully saturated rings. The van der Waals surface area contributed by atoms with Gasteiger partial charge in [0.05, 0.1) is 6.61 Å². The molecule has 0 spiro atoms. The maximum Gasteiger partial charge on any atom is 0.107 e. The molecule has 0 aromatic carbocycles. The van der Waals surface area contributed by atoms with E-state index in [0.29, 0.717) is 18.6 Å². The van der Waals surface area contributed by atoms with Crippen LogP contribution >= 0.6 is 0 Å². The second kappa shape index (κ2) is 3.59. The Labute approximate surface area is 68.4 Å². The minimum Gasteiger partial charge on any atom is -0.365 e. The first-order chi connectivity index (χ1) is 5.27. The van der Waals surface area contributed by atoms with Crippen molar-refractivity contribution in [3.63, 3.8) is 0 Å². The van der Waals surface area contributed by atoms with E-state index in [4.69, 9.17) is 11.2 Å². The predicted octanol–water partition coefficient (Wildman–Crippen LogP) is 1.99. The first kappa shape index (κ1) is 8.36. The van der Waals surface area contributed by atoms with Gasteiger partial charge in [-0.1, -0.05) is 25.0 Å². The highest BCUT2D eigenvalue weighted by Crippen LogP contribution is 2.46. The van der Waals surface area contributed by atoms with E-state index in [2.05, 4.69) is 25.0 Å². The van der Waals surface area contributed by atoms with Gasteiger partial charge in [-0.3, -0.25) is 0 Å². The van der Waals surface area contributed by atoms with Crippen LogP contribution in [0.15, 0.2) is 12.2 Å². The number of rotatable bonds is 4. The average molecular weight is 150 g/mol. The highest BCUT2D eigenvalue weighted by Gasteiger charge is 2.33. The summed E-state index contributed by atoms with van der Waals surface area (Å²) in [4.78, 5) is 0. The lowest BCUT2D eigenvalue weighted by Crippen LogP contribution is -1.92. The zero-order valence-corrected chi connectivity index (χ0v) is 6.97. The van der Waals surface area contributed by atoms with Gasteiger partial charge in [0.2, 0.25) is 0 Å². The normalized spacial score (nSPS) is 20.0. The first-order valence-electron chi connectivity index (χ1n) is 3.96. The predicted molar refractivity (Wildman–Crippen MR) is 46.1 cm³/mol. The molecule has 0 amide bonds. The van der Waals surface area contributed by atoms with Crippen molar-refractivity contribution in [3.8, 4) is 12.3 Å². The van der Waals surface area contributed by atoms with Gasteiger partial charge in [0.1, 0.15) is 6.61 Å². The topological polar surface area (TPSA) is 9.23 Å². The Morgan fingerprint density at radius 3 is 2.91 bits per heavy atom. The van der Waals surface area contributed by atoms with Gasteiger partial charge in [-0.15, -0.1) is 6.42 Å². The van der Waals surface area contributed by atoms with Gasteiger partial charge in [-0.25, -0.2) is 0 Å². The summed E-state index contributed by atoms with van der Waals surface area (Å²) in [6, 6.07) is 0. The molecule has 1 heteroatoms. The van der Waals surface area contributed by atoms with Crippen LogP contribution in [0.4, 0.5) is 0 Å². The summed E-state index contributed by atoms with van der Waals surface area (Å²) in [5.74, 6) is 2.42. The monoisotopic (exact) mass is 150 g/mol. The Kier molecular flexibility index (Phi) is 2.73. The van der Waals surface area contributed by atoms with Crippen LogP contribution in [-0.4, -0.2) is 13.2 Å². The summed E-state index contributed by atoms with van der Waals surface area (Å²) >= 11 is 0. The number of ether oxygens (including phenoxy) is 1. The molecule has 1 aliphatic rings. The Morgan fingerprint density at radius 2 is 2.36 bits per heavy atom. The van der Waals surface area contributed by atoms with E-state index in [1.165, 1.54) is 12.8 Å². The van der Waals surface area contributed by atoms with Crippen LogP contribution in [0, 0.1) is 17.8 Å². The summed E-state index contributed by atoms with van der Waals surface area (Å²) in [6.45, 7) is 3.32. The largest absolute Gasteiger partial charge is 0.365 e. The Bertz CT molecular complexity index is 182. The third kappa shape index (κ3) is 3.25. The average Bonchev–Trinajstić information content (AvgIpc) is 2.69. The van der Waals surface area contributed by atoms with Crippen LogP contribution in [0.2, 0.25) is 0 Å². The van der Waals surface area contributed by atoms with Crippen molar-refractivity contribution in [3.05, 3.63) is 12.2 Å². The molecule has 1 rings (SSSR count). The van der Waals surface area contributed by atoms with Gasteiger partial charge < -0.3 is 4.74 Å². The summed E-state index contributed by atoms with van der Waals surface area (Å²) < 4.78 is 5.08. The summed E-state index contributed by atoms with van der Waals surface area (Å²) in [5, 5.41) is 0. The highest BCUT2D eigenvalue weighted by molar-refractivity contribution is 5.06. The number of terminal acetylenes is 1. The van der Waals surface area contributed by atoms with Crippen molar-refractivity contribution in [2.45, 2.75) is 19.8 Å². The van der Waals surface area contributed by atoms with Crippen molar-refractivity contribution >= 4 is 0 Å². The van der Waals surface area contributed by atoms with E-state index in [9.17, 15) is 0 Å². The molecule has 0 atom stereocenters. The standard InChI is InChI=1S/C10H14O/c1-3-8-11-9-4-5-10(2)6-7-10/h1,4-5H,6-9H2,2H3/b5-4+. The Balaban J connectivity index is 2.03. The summed E-state index contributed by atoms with van der Waals surface area (Å²) in [7, 11) is 0. The molecule has 11 heavy (non-hydrogen) atoms. The lowest BCUT2D eigenvalue weighted by atomic mass is 10.1. The number of allylic oxidation sites excluding steroid dienone is 1. The van der Waals surface area contributed by atoms with Gasteiger partial charge in [-0.05, 0) is 18.3 Å². The summed E-state index contributed by atoms with van der Waals surface area (Å²) in [5.41, 5.74) is 0.486. The number of hydrogen-bond donors (Lipinski definition) is 0. The molecule has 0 unspecified atom stereocenters. The number of hydrogen-bond acceptors (Lipinski definition) is 1. The van der Waals surface area contributed by atoms with Gasteiger partial charge in [0, 0.05) is 0 Å². The zero-order valence-electron chi connectivity index (χ0n) is 6.97. The molecule has 0 saturated heterocycles. The van der Waals surface area contributed by atoms with Gasteiger partial charge in [0.15, 0.2) is 0 Å². The van der Waals surface area contributed by atoms with Crippen LogP contribution in [-0.2, 0) is 4.74 Å². The van der Waals surface area contributed by atoms with E-state index in [1.807, 2.05) is 0 Å².